The maximum atomic E-state index is 11.8. The van der Waals surface area contributed by atoms with Crippen molar-refractivity contribution in [1.82, 2.24) is 5.32 Å². The number of aliphatic hydroxyl groups excluding tert-OH is 1. The molecule has 6 heteroatoms. The maximum Gasteiger partial charge on any atom is 0.258 e. The number of halogens is 1. The summed E-state index contributed by atoms with van der Waals surface area (Å²) in [7, 11) is 1.51. The van der Waals surface area contributed by atoms with Crippen molar-refractivity contribution < 1.29 is 19.4 Å². The van der Waals surface area contributed by atoms with E-state index in [1.54, 1.807) is 12.1 Å². The lowest BCUT2D eigenvalue weighted by Crippen LogP contribution is -2.39. The van der Waals surface area contributed by atoms with Gasteiger partial charge in [0.1, 0.15) is 0 Å². The van der Waals surface area contributed by atoms with Gasteiger partial charge in [0.2, 0.25) is 0 Å². The summed E-state index contributed by atoms with van der Waals surface area (Å²) in [6.45, 7) is 5.85. The third-order valence-electron chi connectivity index (χ3n) is 3.21. The molecule has 0 aromatic heterocycles. The summed E-state index contributed by atoms with van der Waals surface area (Å²) in [5, 5.41) is 12.0. The van der Waals surface area contributed by atoms with Gasteiger partial charge in [-0.25, -0.2) is 0 Å². The summed E-state index contributed by atoms with van der Waals surface area (Å²) in [5.41, 5.74) is 0.698. The number of benzene rings is 1. The molecule has 0 spiro atoms. The molecule has 0 aliphatic heterocycles. The van der Waals surface area contributed by atoms with Crippen LogP contribution in [0.5, 0.6) is 11.5 Å². The van der Waals surface area contributed by atoms with Gasteiger partial charge in [-0.2, -0.15) is 0 Å². The van der Waals surface area contributed by atoms with E-state index in [1.807, 2.05) is 20.8 Å². The van der Waals surface area contributed by atoms with E-state index in [9.17, 15) is 4.79 Å². The average molecular weight is 360 g/mol. The van der Waals surface area contributed by atoms with Gasteiger partial charge in [0.25, 0.3) is 5.91 Å². The van der Waals surface area contributed by atoms with E-state index in [2.05, 4.69) is 21.2 Å². The van der Waals surface area contributed by atoms with Crippen LogP contribution in [0.4, 0.5) is 0 Å². The second kappa shape index (κ2) is 8.24. The number of rotatable bonds is 7. The van der Waals surface area contributed by atoms with Crippen molar-refractivity contribution in [2.75, 3.05) is 13.7 Å². The maximum absolute atomic E-state index is 11.8. The minimum absolute atomic E-state index is 0.0863. The molecular weight excluding hydrogens is 338 g/mol. The van der Waals surface area contributed by atoms with Gasteiger partial charge in [-0.1, -0.05) is 13.8 Å². The summed E-state index contributed by atoms with van der Waals surface area (Å²) in [6, 6.07) is 3.49. The Morgan fingerprint density at radius 3 is 2.57 bits per heavy atom. The van der Waals surface area contributed by atoms with Crippen LogP contribution in [0.25, 0.3) is 0 Å². The molecule has 0 radical (unpaired) electrons. The van der Waals surface area contributed by atoms with Crippen LogP contribution in [-0.2, 0) is 11.4 Å². The number of hydrogen-bond donors (Lipinski definition) is 2. The molecule has 5 nitrogen and oxygen atoms in total. The topological polar surface area (TPSA) is 67.8 Å². The van der Waals surface area contributed by atoms with Gasteiger partial charge in [0.05, 0.1) is 18.2 Å². The number of ether oxygens (including phenoxy) is 2. The Labute approximate surface area is 133 Å². The van der Waals surface area contributed by atoms with Gasteiger partial charge in [-0.3, -0.25) is 4.79 Å². The van der Waals surface area contributed by atoms with Gasteiger partial charge >= 0.3 is 0 Å². The third-order valence-corrected chi connectivity index (χ3v) is 3.80. The molecule has 2 N–H and O–H groups in total. The van der Waals surface area contributed by atoms with E-state index in [0.717, 1.165) is 0 Å². The monoisotopic (exact) mass is 359 g/mol. The van der Waals surface area contributed by atoms with Crippen LogP contribution in [0.1, 0.15) is 26.3 Å². The Morgan fingerprint density at radius 1 is 1.38 bits per heavy atom. The molecule has 118 valence electrons. The fourth-order valence-electron chi connectivity index (χ4n) is 1.60. The molecule has 0 aliphatic rings. The molecule has 0 saturated carbocycles. The smallest absolute Gasteiger partial charge is 0.258 e. The SMILES string of the molecule is COc1cc(CO)cc(Br)c1OCC(=O)NC(C)C(C)C. The average Bonchev–Trinajstić information content (AvgIpc) is 2.44. The number of amides is 1. The Kier molecular flexibility index (Phi) is 6.98. The predicted octanol–water partition coefficient (Wildman–Crippen LogP) is 2.49. The predicted molar refractivity (Wildman–Crippen MR) is 84.6 cm³/mol. The fraction of sp³-hybridized carbons (Fsp3) is 0.533. The zero-order valence-electron chi connectivity index (χ0n) is 12.8. The first-order valence-corrected chi connectivity index (χ1v) is 7.57. The number of methoxy groups -OCH3 is 1. The fourth-order valence-corrected chi connectivity index (χ4v) is 2.21. The van der Waals surface area contributed by atoms with Crippen LogP contribution in [0, 0.1) is 5.92 Å². The summed E-state index contributed by atoms with van der Waals surface area (Å²) in [5.74, 6) is 1.09. The molecular formula is C15H22BrNO4. The number of aliphatic hydroxyl groups is 1. The molecule has 21 heavy (non-hydrogen) atoms. The highest BCUT2D eigenvalue weighted by Gasteiger charge is 2.15. The molecule has 1 rings (SSSR count). The van der Waals surface area contributed by atoms with E-state index in [4.69, 9.17) is 14.6 Å². The zero-order valence-corrected chi connectivity index (χ0v) is 14.4. The standard InChI is InChI=1S/C15H22BrNO4/c1-9(2)10(3)17-14(19)8-21-15-12(16)5-11(7-18)6-13(15)20-4/h5-6,9-10,18H,7-8H2,1-4H3,(H,17,19). The molecule has 1 amide bonds. The summed E-state index contributed by atoms with van der Waals surface area (Å²) >= 11 is 3.36. The normalized spacial score (nSPS) is 12.1. The molecule has 1 aromatic carbocycles. The second-order valence-electron chi connectivity index (χ2n) is 5.16. The number of carbonyl (C=O) groups excluding carboxylic acids is 1. The van der Waals surface area contributed by atoms with Crippen LogP contribution in [0.3, 0.4) is 0 Å². The molecule has 0 heterocycles. The van der Waals surface area contributed by atoms with E-state index < -0.39 is 0 Å². The molecule has 0 aliphatic carbocycles. The van der Waals surface area contributed by atoms with Crippen molar-refractivity contribution in [2.45, 2.75) is 33.4 Å². The Balaban J connectivity index is 2.73. The largest absolute Gasteiger partial charge is 0.493 e. The van der Waals surface area contributed by atoms with Crippen LogP contribution in [-0.4, -0.2) is 30.8 Å². The molecule has 0 fully saturated rings. The van der Waals surface area contributed by atoms with Crippen LogP contribution < -0.4 is 14.8 Å². The van der Waals surface area contributed by atoms with E-state index in [1.165, 1.54) is 7.11 Å². The molecule has 0 bridgehead atoms. The summed E-state index contributed by atoms with van der Waals surface area (Å²) in [4.78, 5) is 11.8. The van der Waals surface area contributed by atoms with Crippen molar-refractivity contribution in [1.29, 1.82) is 0 Å². The van der Waals surface area contributed by atoms with Gasteiger partial charge in [0.15, 0.2) is 18.1 Å². The van der Waals surface area contributed by atoms with Crippen LogP contribution >= 0.6 is 15.9 Å². The first-order valence-electron chi connectivity index (χ1n) is 6.78. The number of carbonyl (C=O) groups is 1. The van der Waals surface area contributed by atoms with Crippen LogP contribution in [0.2, 0.25) is 0 Å². The third kappa shape index (κ3) is 5.21. The second-order valence-corrected chi connectivity index (χ2v) is 6.01. The lowest BCUT2D eigenvalue weighted by atomic mass is 10.1. The van der Waals surface area contributed by atoms with Crippen molar-refractivity contribution in [3.05, 3.63) is 22.2 Å². The summed E-state index contributed by atoms with van der Waals surface area (Å²) < 4.78 is 11.4. The molecule has 1 aromatic rings. The van der Waals surface area contributed by atoms with Crippen molar-refractivity contribution in [3.8, 4) is 11.5 Å². The lowest BCUT2D eigenvalue weighted by molar-refractivity contribution is -0.124. The number of nitrogens with one attached hydrogen (secondary N) is 1. The first-order chi connectivity index (χ1) is 9.88. The van der Waals surface area contributed by atoms with E-state index in [-0.39, 0.29) is 25.2 Å². The van der Waals surface area contributed by atoms with E-state index in [0.29, 0.717) is 27.5 Å². The molecule has 1 unspecified atom stereocenters. The number of hydrogen-bond acceptors (Lipinski definition) is 4. The van der Waals surface area contributed by atoms with Gasteiger partial charge in [-0.15, -0.1) is 0 Å². The Bertz CT molecular complexity index is 491. The Morgan fingerprint density at radius 2 is 2.05 bits per heavy atom. The van der Waals surface area contributed by atoms with Gasteiger partial charge in [-0.05, 0) is 46.5 Å². The minimum Gasteiger partial charge on any atom is -0.493 e. The first kappa shape index (κ1) is 17.8. The summed E-state index contributed by atoms with van der Waals surface area (Å²) in [6.07, 6.45) is 0. The van der Waals surface area contributed by atoms with E-state index >= 15 is 0 Å². The highest BCUT2D eigenvalue weighted by Crippen LogP contribution is 2.36. The highest BCUT2D eigenvalue weighted by atomic mass is 79.9. The molecule has 1 atom stereocenters. The van der Waals surface area contributed by atoms with Crippen molar-refractivity contribution in [3.63, 3.8) is 0 Å². The molecule has 0 saturated heterocycles. The highest BCUT2D eigenvalue weighted by molar-refractivity contribution is 9.10. The zero-order chi connectivity index (χ0) is 16.0. The lowest BCUT2D eigenvalue weighted by Gasteiger charge is -2.18. The van der Waals surface area contributed by atoms with Gasteiger partial charge < -0.3 is 19.9 Å². The minimum atomic E-state index is -0.184. The quantitative estimate of drug-likeness (QED) is 0.784. The van der Waals surface area contributed by atoms with Crippen molar-refractivity contribution in [2.24, 2.45) is 5.92 Å². The van der Waals surface area contributed by atoms with Crippen molar-refractivity contribution >= 4 is 21.8 Å². The van der Waals surface area contributed by atoms with Crippen LogP contribution in [0.15, 0.2) is 16.6 Å². The Hall–Kier alpha value is -1.27. The van der Waals surface area contributed by atoms with Gasteiger partial charge in [0, 0.05) is 6.04 Å².